The number of hydrogen-bond donors (Lipinski definition) is 2. The van der Waals surface area contributed by atoms with Gasteiger partial charge in [0.25, 0.3) is 0 Å². The standard InChI is InChI=1S/C14H21NO3/c15-11(14(17)18)6-12(16)13-9-2-7-1-8(4-9)5-10(13)3-7/h7-11,13H,1-6,15H2,(H,17,18). The number of carbonyl (C=O) groups excluding carboxylic acids is 1. The van der Waals surface area contributed by atoms with Crippen molar-refractivity contribution in [1.82, 2.24) is 0 Å². The molecule has 4 bridgehead atoms. The minimum atomic E-state index is -1.06. The van der Waals surface area contributed by atoms with Gasteiger partial charge in [0.05, 0.1) is 0 Å². The van der Waals surface area contributed by atoms with Crippen LogP contribution < -0.4 is 5.73 Å². The Bertz CT molecular complexity index is 351. The zero-order valence-corrected chi connectivity index (χ0v) is 10.5. The molecule has 0 aromatic rings. The molecule has 4 aliphatic rings. The Labute approximate surface area is 107 Å². The van der Waals surface area contributed by atoms with Crippen molar-refractivity contribution < 1.29 is 14.7 Å². The van der Waals surface area contributed by atoms with Crippen molar-refractivity contribution in [3.05, 3.63) is 0 Å². The quantitative estimate of drug-likeness (QED) is 0.792. The SMILES string of the molecule is NC(CC(=O)C1C2CC3CC(C2)CC1C3)C(=O)O. The average molecular weight is 251 g/mol. The molecule has 0 heterocycles. The van der Waals surface area contributed by atoms with Crippen LogP contribution in [0, 0.1) is 29.6 Å². The molecular formula is C14H21NO3. The van der Waals surface area contributed by atoms with Gasteiger partial charge in [-0.05, 0) is 55.8 Å². The largest absolute Gasteiger partial charge is 0.480 e. The van der Waals surface area contributed by atoms with Gasteiger partial charge in [-0.1, -0.05) is 0 Å². The molecule has 100 valence electrons. The first-order valence-corrected chi connectivity index (χ1v) is 7.05. The van der Waals surface area contributed by atoms with Crippen molar-refractivity contribution in [2.75, 3.05) is 0 Å². The maximum Gasteiger partial charge on any atom is 0.320 e. The third-order valence-electron chi connectivity index (χ3n) is 5.34. The van der Waals surface area contributed by atoms with Crippen LogP contribution >= 0.6 is 0 Å². The Hall–Kier alpha value is -0.900. The fourth-order valence-electron chi connectivity index (χ4n) is 4.89. The lowest BCUT2D eigenvalue weighted by Crippen LogP contribution is -2.49. The molecule has 4 heteroatoms. The lowest BCUT2D eigenvalue weighted by molar-refractivity contribution is -0.144. The minimum absolute atomic E-state index is 0.0162. The zero-order chi connectivity index (χ0) is 12.9. The first-order chi connectivity index (χ1) is 8.54. The van der Waals surface area contributed by atoms with Crippen LogP contribution in [0.4, 0.5) is 0 Å². The van der Waals surface area contributed by atoms with Crippen molar-refractivity contribution >= 4 is 11.8 Å². The number of nitrogens with two attached hydrogens (primary N) is 1. The van der Waals surface area contributed by atoms with E-state index in [4.69, 9.17) is 10.8 Å². The number of rotatable bonds is 4. The van der Waals surface area contributed by atoms with E-state index in [9.17, 15) is 9.59 Å². The molecular weight excluding hydrogens is 230 g/mol. The smallest absolute Gasteiger partial charge is 0.320 e. The molecule has 0 amide bonds. The summed E-state index contributed by atoms with van der Waals surface area (Å²) in [5.74, 6) is 1.88. The molecule has 4 rings (SSSR count). The normalized spacial score (nSPS) is 42.8. The lowest BCUT2D eigenvalue weighted by atomic mass is 9.51. The summed E-state index contributed by atoms with van der Waals surface area (Å²) in [4.78, 5) is 23.1. The molecule has 3 N–H and O–H groups in total. The van der Waals surface area contributed by atoms with E-state index in [0.717, 1.165) is 11.8 Å². The van der Waals surface area contributed by atoms with Gasteiger partial charge in [-0.3, -0.25) is 9.59 Å². The second-order valence-corrected chi connectivity index (χ2v) is 6.57. The van der Waals surface area contributed by atoms with Crippen LogP contribution in [0.15, 0.2) is 0 Å². The predicted molar refractivity (Wildman–Crippen MR) is 65.8 cm³/mol. The number of carboxylic acid groups (broad SMARTS) is 1. The van der Waals surface area contributed by atoms with E-state index < -0.39 is 12.0 Å². The van der Waals surface area contributed by atoms with Gasteiger partial charge in [-0.25, -0.2) is 0 Å². The van der Waals surface area contributed by atoms with Crippen molar-refractivity contribution in [3.8, 4) is 0 Å². The van der Waals surface area contributed by atoms with Gasteiger partial charge in [-0.2, -0.15) is 0 Å². The van der Waals surface area contributed by atoms with Crippen LogP contribution in [-0.2, 0) is 9.59 Å². The average Bonchev–Trinajstić information content (AvgIpc) is 2.26. The second-order valence-electron chi connectivity index (χ2n) is 6.57. The van der Waals surface area contributed by atoms with Crippen LogP contribution in [0.25, 0.3) is 0 Å². The van der Waals surface area contributed by atoms with E-state index >= 15 is 0 Å². The highest BCUT2D eigenvalue weighted by molar-refractivity contribution is 5.87. The zero-order valence-electron chi connectivity index (χ0n) is 10.5. The summed E-state index contributed by atoms with van der Waals surface area (Å²) in [5, 5.41) is 8.80. The number of carboxylic acids is 1. The Balaban J connectivity index is 1.69. The van der Waals surface area contributed by atoms with Gasteiger partial charge in [0.15, 0.2) is 0 Å². The van der Waals surface area contributed by atoms with Crippen LogP contribution in [0.5, 0.6) is 0 Å². The summed E-state index contributed by atoms with van der Waals surface area (Å²) in [5.41, 5.74) is 5.49. The molecule has 0 saturated heterocycles. The van der Waals surface area contributed by atoms with Crippen LogP contribution in [0.2, 0.25) is 0 Å². The monoisotopic (exact) mass is 251 g/mol. The first kappa shape index (κ1) is 12.2. The van der Waals surface area contributed by atoms with E-state index in [1.54, 1.807) is 0 Å². The summed E-state index contributed by atoms with van der Waals surface area (Å²) in [6.07, 6.45) is 6.12. The molecule has 0 aliphatic heterocycles. The number of ketones is 1. The number of carbonyl (C=O) groups is 2. The van der Waals surface area contributed by atoms with Gasteiger partial charge in [0.2, 0.25) is 0 Å². The number of hydrogen-bond acceptors (Lipinski definition) is 3. The fraction of sp³-hybridized carbons (Fsp3) is 0.857. The highest BCUT2D eigenvalue weighted by Gasteiger charge is 2.50. The Morgan fingerprint density at radius 1 is 1.06 bits per heavy atom. The van der Waals surface area contributed by atoms with E-state index in [1.165, 1.54) is 32.1 Å². The molecule has 18 heavy (non-hydrogen) atoms. The maximum atomic E-state index is 12.3. The minimum Gasteiger partial charge on any atom is -0.480 e. The second kappa shape index (κ2) is 4.34. The van der Waals surface area contributed by atoms with Crippen LogP contribution in [-0.4, -0.2) is 22.9 Å². The summed E-state index contributed by atoms with van der Waals surface area (Å²) in [6, 6.07) is -1.02. The molecule has 4 nitrogen and oxygen atoms in total. The van der Waals surface area contributed by atoms with Crippen molar-refractivity contribution in [3.63, 3.8) is 0 Å². The topological polar surface area (TPSA) is 80.4 Å². The summed E-state index contributed by atoms with van der Waals surface area (Å²) < 4.78 is 0. The van der Waals surface area contributed by atoms with E-state index in [1.807, 2.05) is 0 Å². The van der Waals surface area contributed by atoms with Crippen molar-refractivity contribution in [1.29, 1.82) is 0 Å². The highest BCUT2D eigenvalue weighted by Crippen LogP contribution is 2.56. The number of aliphatic carboxylic acids is 1. The van der Waals surface area contributed by atoms with Crippen molar-refractivity contribution in [2.45, 2.75) is 44.6 Å². The van der Waals surface area contributed by atoms with Gasteiger partial charge in [-0.15, -0.1) is 0 Å². The lowest BCUT2D eigenvalue weighted by Gasteiger charge is -2.54. The summed E-state index contributed by atoms with van der Waals surface area (Å²) >= 11 is 0. The molecule has 0 aromatic carbocycles. The molecule has 4 fully saturated rings. The van der Waals surface area contributed by atoms with Crippen molar-refractivity contribution in [2.24, 2.45) is 35.3 Å². The van der Waals surface area contributed by atoms with E-state index in [-0.39, 0.29) is 18.1 Å². The molecule has 1 unspecified atom stereocenters. The fourth-order valence-corrected chi connectivity index (χ4v) is 4.89. The van der Waals surface area contributed by atoms with Crippen LogP contribution in [0.1, 0.15) is 38.5 Å². The maximum absolute atomic E-state index is 12.3. The summed E-state index contributed by atoms with van der Waals surface area (Å²) in [6.45, 7) is 0. The van der Waals surface area contributed by atoms with Crippen LogP contribution in [0.3, 0.4) is 0 Å². The molecule has 0 spiro atoms. The summed E-state index contributed by atoms with van der Waals surface area (Å²) in [7, 11) is 0. The van der Waals surface area contributed by atoms with Gasteiger partial charge in [0.1, 0.15) is 11.8 Å². The Morgan fingerprint density at radius 2 is 1.56 bits per heavy atom. The number of Topliss-reactive ketones (excluding diaryl/α,β-unsaturated/α-hetero) is 1. The molecule has 1 atom stereocenters. The third-order valence-corrected chi connectivity index (χ3v) is 5.34. The predicted octanol–water partition coefficient (Wildman–Crippen LogP) is 1.43. The Kier molecular flexibility index (Phi) is 2.93. The van der Waals surface area contributed by atoms with Gasteiger partial charge >= 0.3 is 5.97 Å². The first-order valence-electron chi connectivity index (χ1n) is 7.05. The molecule has 4 saturated carbocycles. The highest BCUT2D eigenvalue weighted by atomic mass is 16.4. The van der Waals surface area contributed by atoms with Gasteiger partial charge in [0, 0.05) is 12.3 Å². The van der Waals surface area contributed by atoms with Gasteiger partial charge < -0.3 is 10.8 Å². The third kappa shape index (κ3) is 1.96. The Morgan fingerprint density at radius 3 is 2.00 bits per heavy atom. The van der Waals surface area contributed by atoms with E-state index in [2.05, 4.69) is 0 Å². The molecule has 4 aliphatic carbocycles. The van der Waals surface area contributed by atoms with E-state index in [0.29, 0.717) is 11.8 Å². The molecule has 0 aromatic heterocycles. The molecule has 0 radical (unpaired) electrons.